The topological polar surface area (TPSA) is 38.7 Å². The molecule has 2 atom stereocenters. The van der Waals surface area contributed by atoms with E-state index in [9.17, 15) is 5.11 Å². The number of aliphatic hydroxyl groups is 1. The lowest BCUT2D eigenvalue weighted by Gasteiger charge is -2.17. The maximum atomic E-state index is 9.72. The van der Waals surface area contributed by atoms with Gasteiger partial charge in [-0.3, -0.25) is 0 Å². The minimum atomic E-state index is -0.535. The Balaban J connectivity index is 2.77. The normalized spacial score (nSPS) is 14.1. The van der Waals surface area contributed by atoms with Crippen molar-refractivity contribution >= 4 is 0 Å². The van der Waals surface area contributed by atoms with Gasteiger partial charge in [0, 0.05) is 11.6 Å². The lowest BCUT2D eigenvalue weighted by atomic mass is 10.1. The van der Waals surface area contributed by atoms with Crippen LogP contribution in [0, 0.1) is 5.92 Å². The predicted molar refractivity (Wildman–Crippen MR) is 73.2 cm³/mol. The molecule has 0 saturated heterocycles. The SMILES string of the molecule is CCCC(C)COc1cc(OC)ccc1[C@@H](C)O. The van der Waals surface area contributed by atoms with Crippen LogP contribution in [0.1, 0.15) is 45.3 Å². The second kappa shape index (κ2) is 7.27. The van der Waals surface area contributed by atoms with Gasteiger partial charge in [0.05, 0.1) is 19.8 Å². The summed E-state index contributed by atoms with van der Waals surface area (Å²) in [6, 6.07) is 5.52. The molecular formula is C15H24O3. The zero-order valence-corrected chi connectivity index (χ0v) is 11.8. The van der Waals surface area contributed by atoms with Crippen molar-refractivity contribution in [1.29, 1.82) is 0 Å². The summed E-state index contributed by atoms with van der Waals surface area (Å²) >= 11 is 0. The van der Waals surface area contributed by atoms with Crippen molar-refractivity contribution in [2.45, 2.75) is 39.7 Å². The molecule has 102 valence electrons. The standard InChI is InChI=1S/C15H24O3/c1-5-6-11(2)10-18-15-9-13(17-4)7-8-14(15)12(3)16/h7-9,11-12,16H,5-6,10H2,1-4H3/t11?,12-/m1/s1. The molecule has 1 N–H and O–H groups in total. The first-order chi connectivity index (χ1) is 8.58. The van der Waals surface area contributed by atoms with Crippen molar-refractivity contribution in [2.75, 3.05) is 13.7 Å². The quantitative estimate of drug-likeness (QED) is 0.806. The van der Waals surface area contributed by atoms with Crippen LogP contribution in [0.2, 0.25) is 0 Å². The molecule has 0 amide bonds. The fourth-order valence-corrected chi connectivity index (χ4v) is 1.92. The molecular weight excluding hydrogens is 228 g/mol. The van der Waals surface area contributed by atoms with E-state index in [4.69, 9.17) is 9.47 Å². The monoisotopic (exact) mass is 252 g/mol. The third kappa shape index (κ3) is 4.22. The number of hydrogen-bond donors (Lipinski definition) is 1. The molecule has 3 heteroatoms. The van der Waals surface area contributed by atoms with Gasteiger partial charge in [-0.1, -0.05) is 20.3 Å². The highest BCUT2D eigenvalue weighted by Gasteiger charge is 2.12. The second-order valence-electron chi connectivity index (χ2n) is 4.78. The largest absolute Gasteiger partial charge is 0.497 e. The zero-order chi connectivity index (χ0) is 13.5. The molecule has 0 radical (unpaired) electrons. The second-order valence-corrected chi connectivity index (χ2v) is 4.78. The van der Waals surface area contributed by atoms with E-state index in [1.807, 2.05) is 18.2 Å². The van der Waals surface area contributed by atoms with Crippen LogP contribution in [-0.2, 0) is 0 Å². The molecule has 3 nitrogen and oxygen atoms in total. The van der Waals surface area contributed by atoms with Crippen molar-refractivity contribution in [2.24, 2.45) is 5.92 Å². The molecule has 0 aliphatic carbocycles. The van der Waals surface area contributed by atoms with Gasteiger partial charge in [0.15, 0.2) is 0 Å². The van der Waals surface area contributed by atoms with Crippen molar-refractivity contribution in [3.05, 3.63) is 23.8 Å². The minimum Gasteiger partial charge on any atom is -0.497 e. The van der Waals surface area contributed by atoms with E-state index in [2.05, 4.69) is 13.8 Å². The first kappa shape index (κ1) is 14.8. The third-order valence-corrected chi connectivity index (χ3v) is 2.98. The van der Waals surface area contributed by atoms with Gasteiger partial charge in [-0.15, -0.1) is 0 Å². The molecule has 0 aliphatic heterocycles. The fraction of sp³-hybridized carbons (Fsp3) is 0.600. The number of benzene rings is 1. The van der Waals surface area contributed by atoms with Gasteiger partial charge in [0.2, 0.25) is 0 Å². The van der Waals surface area contributed by atoms with Crippen LogP contribution in [0.5, 0.6) is 11.5 Å². The Morgan fingerprint density at radius 1 is 1.28 bits per heavy atom. The molecule has 0 heterocycles. The molecule has 1 rings (SSSR count). The Morgan fingerprint density at radius 3 is 2.56 bits per heavy atom. The molecule has 0 saturated carbocycles. The highest BCUT2D eigenvalue weighted by molar-refractivity contribution is 5.41. The Morgan fingerprint density at radius 2 is 2.00 bits per heavy atom. The van der Waals surface area contributed by atoms with Gasteiger partial charge in [-0.2, -0.15) is 0 Å². The van der Waals surface area contributed by atoms with Crippen LogP contribution in [0.4, 0.5) is 0 Å². The fourth-order valence-electron chi connectivity index (χ4n) is 1.92. The summed E-state index contributed by atoms with van der Waals surface area (Å²) in [4.78, 5) is 0. The molecule has 0 spiro atoms. The number of hydrogen-bond acceptors (Lipinski definition) is 3. The van der Waals surface area contributed by atoms with Crippen LogP contribution < -0.4 is 9.47 Å². The number of aliphatic hydroxyl groups excluding tert-OH is 1. The van der Waals surface area contributed by atoms with Crippen LogP contribution in [0.15, 0.2) is 18.2 Å². The van der Waals surface area contributed by atoms with Crippen LogP contribution in [0.3, 0.4) is 0 Å². The van der Waals surface area contributed by atoms with Crippen LogP contribution in [0.25, 0.3) is 0 Å². The van der Waals surface area contributed by atoms with Crippen molar-refractivity contribution in [3.8, 4) is 11.5 Å². The summed E-state index contributed by atoms with van der Waals surface area (Å²) in [5, 5.41) is 9.72. The molecule has 0 aliphatic rings. The molecule has 1 aromatic carbocycles. The summed E-state index contributed by atoms with van der Waals surface area (Å²) in [6.07, 6.45) is 1.77. The summed E-state index contributed by atoms with van der Waals surface area (Å²) in [5.41, 5.74) is 0.805. The highest BCUT2D eigenvalue weighted by atomic mass is 16.5. The van der Waals surface area contributed by atoms with E-state index in [1.54, 1.807) is 14.0 Å². The van der Waals surface area contributed by atoms with Crippen molar-refractivity contribution in [3.63, 3.8) is 0 Å². The molecule has 0 bridgehead atoms. The first-order valence-corrected chi connectivity index (χ1v) is 6.57. The van der Waals surface area contributed by atoms with Gasteiger partial charge < -0.3 is 14.6 Å². The highest BCUT2D eigenvalue weighted by Crippen LogP contribution is 2.30. The Kier molecular flexibility index (Phi) is 5.99. The van der Waals surface area contributed by atoms with E-state index in [0.29, 0.717) is 18.3 Å². The molecule has 0 fully saturated rings. The number of methoxy groups -OCH3 is 1. The number of ether oxygens (including phenoxy) is 2. The molecule has 0 aromatic heterocycles. The van der Waals surface area contributed by atoms with Gasteiger partial charge in [-0.05, 0) is 31.4 Å². The van der Waals surface area contributed by atoms with E-state index in [1.165, 1.54) is 0 Å². The Bertz CT molecular complexity index is 361. The summed E-state index contributed by atoms with van der Waals surface area (Å²) < 4.78 is 11.0. The lowest BCUT2D eigenvalue weighted by molar-refractivity contribution is 0.186. The maximum absolute atomic E-state index is 9.72. The maximum Gasteiger partial charge on any atom is 0.128 e. The van der Waals surface area contributed by atoms with E-state index in [-0.39, 0.29) is 0 Å². The molecule has 1 unspecified atom stereocenters. The summed E-state index contributed by atoms with van der Waals surface area (Å²) in [5.74, 6) is 1.98. The van der Waals surface area contributed by atoms with E-state index < -0.39 is 6.10 Å². The average molecular weight is 252 g/mol. The van der Waals surface area contributed by atoms with Crippen LogP contribution in [-0.4, -0.2) is 18.8 Å². The summed E-state index contributed by atoms with van der Waals surface area (Å²) in [6.45, 7) is 6.75. The Labute approximate surface area is 110 Å². The third-order valence-electron chi connectivity index (χ3n) is 2.98. The molecule has 1 aromatic rings. The molecule has 18 heavy (non-hydrogen) atoms. The van der Waals surface area contributed by atoms with Gasteiger partial charge in [-0.25, -0.2) is 0 Å². The Hall–Kier alpha value is -1.22. The zero-order valence-electron chi connectivity index (χ0n) is 11.8. The lowest BCUT2D eigenvalue weighted by Crippen LogP contribution is -2.10. The van der Waals surface area contributed by atoms with E-state index in [0.717, 1.165) is 24.2 Å². The first-order valence-electron chi connectivity index (χ1n) is 6.57. The summed E-state index contributed by atoms with van der Waals surface area (Å²) in [7, 11) is 1.63. The van der Waals surface area contributed by atoms with E-state index >= 15 is 0 Å². The van der Waals surface area contributed by atoms with Crippen LogP contribution >= 0.6 is 0 Å². The van der Waals surface area contributed by atoms with Gasteiger partial charge in [0.1, 0.15) is 11.5 Å². The minimum absolute atomic E-state index is 0.517. The van der Waals surface area contributed by atoms with Crippen molar-refractivity contribution < 1.29 is 14.6 Å². The smallest absolute Gasteiger partial charge is 0.128 e. The van der Waals surface area contributed by atoms with Gasteiger partial charge in [0.25, 0.3) is 0 Å². The average Bonchev–Trinajstić information content (AvgIpc) is 2.36. The van der Waals surface area contributed by atoms with Crippen molar-refractivity contribution in [1.82, 2.24) is 0 Å². The van der Waals surface area contributed by atoms with Gasteiger partial charge >= 0.3 is 0 Å². The number of rotatable bonds is 7. The predicted octanol–water partition coefficient (Wildman–Crippen LogP) is 3.56.